The Labute approximate surface area is 113 Å². The number of hydrogen-bond acceptors (Lipinski definition) is 5. The Morgan fingerprint density at radius 1 is 1.39 bits per heavy atom. The molecule has 2 aromatic rings. The van der Waals surface area contributed by atoms with Crippen LogP contribution < -0.4 is 16.0 Å². The van der Waals surface area contributed by atoms with Crippen molar-refractivity contribution in [3.05, 3.63) is 40.6 Å². The summed E-state index contributed by atoms with van der Waals surface area (Å²) in [5.74, 6) is 7.21. The Morgan fingerprint density at radius 3 is 2.89 bits per heavy atom. The van der Waals surface area contributed by atoms with Crippen LogP contribution >= 0.6 is 15.9 Å². The molecule has 0 fully saturated rings. The average Bonchev–Trinajstić information content (AvgIpc) is 2.38. The number of halogens is 1. The number of hydrogen-bond donors (Lipinski definition) is 2. The smallest absolute Gasteiger partial charge is 0.227 e. The Hall–Kier alpha value is -1.66. The van der Waals surface area contributed by atoms with Crippen molar-refractivity contribution in [2.45, 2.75) is 13.3 Å². The number of nitrogens with two attached hydrogens (primary N) is 1. The number of nitrogens with zero attached hydrogens (tertiary/aromatic N) is 2. The SMILES string of the molecule is CCc1c(NN)ncnc1Oc1cccc(Br)c1. The molecule has 0 aliphatic heterocycles. The second kappa shape index (κ2) is 5.79. The predicted octanol–water partition coefficient (Wildman–Crippen LogP) is 2.88. The van der Waals surface area contributed by atoms with Gasteiger partial charge in [-0.3, -0.25) is 0 Å². The molecule has 0 saturated carbocycles. The van der Waals surface area contributed by atoms with Gasteiger partial charge in [-0.15, -0.1) is 0 Å². The van der Waals surface area contributed by atoms with Gasteiger partial charge in [0.25, 0.3) is 0 Å². The standard InChI is InChI=1S/C12H13BrN4O/c1-2-10-11(17-14)15-7-16-12(10)18-9-5-3-4-8(13)6-9/h3-7H,2,14H2,1H3,(H,15,16,17). The summed E-state index contributed by atoms with van der Waals surface area (Å²) in [6.45, 7) is 1.99. The van der Waals surface area contributed by atoms with Gasteiger partial charge in [0.1, 0.15) is 17.9 Å². The molecule has 1 aromatic carbocycles. The Morgan fingerprint density at radius 2 is 2.22 bits per heavy atom. The van der Waals surface area contributed by atoms with Crippen molar-refractivity contribution in [1.29, 1.82) is 0 Å². The highest BCUT2D eigenvalue weighted by Crippen LogP contribution is 2.28. The third-order valence-electron chi connectivity index (χ3n) is 2.41. The third-order valence-corrected chi connectivity index (χ3v) is 2.90. The Balaban J connectivity index is 2.34. The maximum Gasteiger partial charge on any atom is 0.227 e. The highest BCUT2D eigenvalue weighted by Gasteiger charge is 2.11. The highest BCUT2D eigenvalue weighted by atomic mass is 79.9. The normalized spacial score (nSPS) is 10.2. The van der Waals surface area contributed by atoms with Gasteiger partial charge in [-0.1, -0.05) is 28.9 Å². The molecule has 2 rings (SSSR count). The van der Waals surface area contributed by atoms with Crippen molar-refractivity contribution >= 4 is 21.7 Å². The van der Waals surface area contributed by atoms with Gasteiger partial charge < -0.3 is 10.2 Å². The molecule has 18 heavy (non-hydrogen) atoms. The van der Waals surface area contributed by atoms with Gasteiger partial charge in [-0.2, -0.15) is 0 Å². The van der Waals surface area contributed by atoms with E-state index in [0.29, 0.717) is 17.4 Å². The molecule has 6 heteroatoms. The van der Waals surface area contributed by atoms with Crippen LogP contribution in [0.2, 0.25) is 0 Å². The largest absolute Gasteiger partial charge is 0.439 e. The van der Waals surface area contributed by atoms with Gasteiger partial charge in [0, 0.05) is 4.47 Å². The van der Waals surface area contributed by atoms with Crippen LogP contribution in [0.5, 0.6) is 11.6 Å². The summed E-state index contributed by atoms with van der Waals surface area (Å²) in [5.41, 5.74) is 3.39. The van der Waals surface area contributed by atoms with Crippen LogP contribution in [-0.2, 0) is 6.42 Å². The van der Waals surface area contributed by atoms with E-state index in [1.54, 1.807) is 0 Å². The molecule has 0 atom stereocenters. The summed E-state index contributed by atoms with van der Waals surface area (Å²) in [6, 6.07) is 7.56. The fourth-order valence-corrected chi connectivity index (χ4v) is 1.95. The molecule has 0 unspecified atom stereocenters. The number of benzene rings is 1. The van der Waals surface area contributed by atoms with Crippen LogP contribution in [0.3, 0.4) is 0 Å². The van der Waals surface area contributed by atoms with Crippen LogP contribution in [0.15, 0.2) is 35.1 Å². The first-order chi connectivity index (χ1) is 8.74. The number of anilines is 1. The first-order valence-corrected chi connectivity index (χ1v) is 6.27. The number of aromatic nitrogens is 2. The van der Waals surface area contributed by atoms with E-state index < -0.39 is 0 Å². The van der Waals surface area contributed by atoms with Gasteiger partial charge in [0.2, 0.25) is 5.88 Å². The minimum atomic E-state index is 0.513. The van der Waals surface area contributed by atoms with Crippen molar-refractivity contribution in [2.75, 3.05) is 5.43 Å². The lowest BCUT2D eigenvalue weighted by atomic mass is 10.2. The zero-order valence-electron chi connectivity index (χ0n) is 9.85. The zero-order valence-corrected chi connectivity index (χ0v) is 11.4. The van der Waals surface area contributed by atoms with Crippen molar-refractivity contribution < 1.29 is 4.74 Å². The van der Waals surface area contributed by atoms with Crippen molar-refractivity contribution in [3.8, 4) is 11.6 Å². The summed E-state index contributed by atoms with van der Waals surface area (Å²) in [7, 11) is 0. The minimum Gasteiger partial charge on any atom is -0.439 e. The lowest BCUT2D eigenvalue weighted by Gasteiger charge is -2.11. The maximum atomic E-state index is 5.75. The molecule has 0 saturated heterocycles. The summed E-state index contributed by atoms with van der Waals surface area (Å²) < 4.78 is 6.70. The van der Waals surface area contributed by atoms with Gasteiger partial charge >= 0.3 is 0 Å². The first kappa shape index (κ1) is 12.8. The quantitative estimate of drug-likeness (QED) is 0.671. The molecule has 0 radical (unpaired) electrons. The van der Waals surface area contributed by atoms with E-state index in [4.69, 9.17) is 10.6 Å². The van der Waals surface area contributed by atoms with Crippen LogP contribution in [0.4, 0.5) is 5.82 Å². The van der Waals surface area contributed by atoms with Crippen molar-refractivity contribution in [2.24, 2.45) is 5.84 Å². The molecule has 94 valence electrons. The summed E-state index contributed by atoms with van der Waals surface area (Å²) in [6.07, 6.45) is 2.14. The first-order valence-electron chi connectivity index (χ1n) is 5.48. The summed E-state index contributed by atoms with van der Waals surface area (Å²) in [4.78, 5) is 8.19. The maximum absolute atomic E-state index is 5.75. The summed E-state index contributed by atoms with van der Waals surface area (Å²) in [5, 5.41) is 0. The predicted molar refractivity (Wildman–Crippen MR) is 73.4 cm³/mol. The van der Waals surface area contributed by atoms with E-state index in [0.717, 1.165) is 16.5 Å². The van der Waals surface area contributed by atoms with Gasteiger partial charge in [-0.05, 0) is 24.6 Å². The number of ether oxygens (including phenoxy) is 1. The van der Waals surface area contributed by atoms with Crippen LogP contribution in [0.1, 0.15) is 12.5 Å². The number of nitrogens with one attached hydrogen (secondary N) is 1. The van der Waals surface area contributed by atoms with E-state index >= 15 is 0 Å². The topological polar surface area (TPSA) is 73.1 Å². The molecule has 3 N–H and O–H groups in total. The van der Waals surface area contributed by atoms with Crippen LogP contribution in [-0.4, -0.2) is 9.97 Å². The van der Waals surface area contributed by atoms with Crippen LogP contribution in [0, 0.1) is 0 Å². The van der Waals surface area contributed by atoms with E-state index in [-0.39, 0.29) is 0 Å². The lowest BCUT2D eigenvalue weighted by molar-refractivity contribution is 0.455. The lowest BCUT2D eigenvalue weighted by Crippen LogP contribution is -2.12. The second-order valence-corrected chi connectivity index (χ2v) is 4.48. The molecule has 0 aliphatic rings. The van der Waals surface area contributed by atoms with Gasteiger partial charge in [0.15, 0.2) is 0 Å². The molecule has 5 nitrogen and oxygen atoms in total. The molecular formula is C12H13BrN4O. The molecule has 0 bridgehead atoms. The van der Waals surface area contributed by atoms with E-state index in [1.165, 1.54) is 6.33 Å². The van der Waals surface area contributed by atoms with Gasteiger partial charge in [-0.25, -0.2) is 15.8 Å². The molecular weight excluding hydrogens is 296 g/mol. The summed E-state index contributed by atoms with van der Waals surface area (Å²) >= 11 is 3.39. The van der Waals surface area contributed by atoms with E-state index in [1.807, 2.05) is 31.2 Å². The molecule has 0 aliphatic carbocycles. The number of nitrogen functional groups attached to an aromatic ring is 1. The van der Waals surface area contributed by atoms with Crippen molar-refractivity contribution in [3.63, 3.8) is 0 Å². The van der Waals surface area contributed by atoms with Crippen LogP contribution in [0.25, 0.3) is 0 Å². The average molecular weight is 309 g/mol. The molecule has 1 aromatic heterocycles. The van der Waals surface area contributed by atoms with E-state index in [9.17, 15) is 0 Å². The van der Waals surface area contributed by atoms with Gasteiger partial charge in [0.05, 0.1) is 5.56 Å². The fraction of sp³-hybridized carbons (Fsp3) is 0.167. The zero-order chi connectivity index (χ0) is 13.0. The number of hydrazine groups is 1. The third kappa shape index (κ3) is 2.77. The highest BCUT2D eigenvalue weighted by molar-refractivity contribution is 9.10. The molecule has 1 heterocycles. The molecule has 0 amide bonds. The second-order valence-electron chi connectivity index (χ2n) is 3.56. The number of rotatable bonds is 4. The minimum absolute atomic E-state index is 0.513. The fourth-order valence-electron chi connectivity index (χ4n) is 1.57. The monoisotopic (exact) mass is 308 g/mol. The molecule has 0 spiro atoms. The Kier molecular flexibility index (Phi) is 4.11. The van der Waals surface area contributed by atoms with E-state index in [2.05, 4.69) is 31.3 Å². The van der Waals surface area contributed by atoms with Crippen molar-refractivity contribution in [1.82, 2.24) is 9.97 Å². The Bertz CT molecular complexity index is 547.